The van der Waals surface area contributed by atoms with E-state index in [1.165, 1.54) is 45.6 Å². The summed E-state index contributed by atoms with van der Waals surface area (Å²) in [5.41, 5.74) is 3.25. The van der Waals surface area contributed by atoms with Crippen LogP contribution in [0.5, 0.6) is 0 Å². The van der Waals surface area contributed by atoms with Gasteiger partial charge in [-0.25, -0.2) is 28.0 Å². The Labute approximate surface area is 540 Å². The molecule has 4 heterocycles. The topological polar surface area (TPSA) is 287 Å². The molecule has 93 heavy (non-hydrogen) atoms. The van der Waals surface area contributed by atoms with Crippen LogP contribution in [-0.2, 0) is 51.2 Å². The Hall–Kier alpha value is -9.40. The predicted molar refractivity (Wildman–Crippen MR) is 342 cm³/mol. The smallest absolute Gasteiger partial charge is 0.414 e. The third-order valence-corrected chi connectivity index (χ3v) is 14.8. The number of carboxylic acid groups (broad SMARTS) is 1. The maximum atomic E-state index is 15.2. The van der Waals surface area contributed by atoms with E-state index < -0.39 is 59.6 Å². The van der Waals surface area contributed by atoms with Gasteiger partial charge < -0.3 is 64.5 Å². The maximum Gasteiger partial charge on any atom is 0.414 e. The van der Waals surface area contributed by atoms with Gasteiger partial charge in [0.2, 0.25) is 17.7 Å². The molecule has 0 radical (unpaired) electrons. The van der Waals surface area contributed by atoms with Crippen molar-refractivity contribution >= 4 is 82.4 Å². The first kappa shape index (κ1) is 72.7. The Balaban J connectivity index is 0.000000245. The first-order valence-corrected chi connectivity index (χ1v) is 30.7. The highest BCUT2D eigenvalue weighted by atomic mass is 19.1. The number of benzene rings is 4. The van der Waals surface area contributed by atoms with Crippen molar-refractivity contribution in [2.24, 2.45) is 0 Å². The fraction of sp³-hybridized carbons (Fsp3) is 0.485. The van der Waals surface area contributed by atoms with E-state index in [2.05, 4.69) is 16.0 Å². The van der Waals surface area contributed by atoms with Gasteiger partial charge in [0.15, 0.2) is 11.6 Å². The number of amides is 7. The highest BCUT2D eigenvalue weighted by Crippen LogP contribution is 2.31. The van der Waals surface area contributed by atoms with Gasteiger partial charge in [-0.15, -0.1) is 0 Å². The zero-order valence-electron chi connectivity index (χ0n) is 54.5. The molecule has 8 rings (SSSR count). The van der Waals surface area contributed by atoms with Crippen molar-refractivity contribution < 1.29 is 80.8 Å². The Bertz CT molecular complexity index is 3310. The van der Waals surface area contributed by atoms with Gasteiger partial charge in [-0.1, -0.05) is 48.5 Å². The lowest BCUT2D eigenvalue weighted by Crippen LogP contribution is -2.49. The number of aliphatic carboxylic acids is 1. The molecule has 4 aliphatic rings. The summed E-state index contributed by atoms with van der Waals surface area (Å²) in [5, 5.41) is 17.0. The number of nitrogens with one attached hydrogen (secondary N) is 3. The Morgan fingerprint density at radius 3 is 1.32 bits per heavy atom. The Morgan fingerprint density at radius 1 is 0.570 bits per heavy atom. The first-order chi connectivity index (χ1) is 43.8. The molecule has 4 N–H and O–H groups in total. The van der Waals surface area contributed by atoms with Crippen LogP contribution in [0, 0.1) is 11.6 Å². The van der Waals surface area contributed by atoms with Crippen LogP contribution in [0.15, 0.2) is 84.9 Å². The van der Waals surface area contributed by atoms with Crippen molar-refractivity contribution in [2.45, 2.75) is 118 Å². The quantitative estimate of drug-likeness (QED) is 0.0485. The number of Topliss-reactive ketones (excluding diaryl/α,β-unsaturated/α-hetero) is 2. The van der Waals surface area contributed by atoms with Crippen LogP contribution < -0.4 is 35.6 Å². The van der Waals surface area contributed by atoms with Crippen LogP contribution in [0.25, 0.3) is 0 Å². The van der Waals surface area contributed by atoms with Crippen LogP contribution in [0.3, 0.4) is 0 Å². The van der Waals surface area contributed by atoms with E-state index in [9.17, 15) is 52.3 Å². The SMILES string of the molecule is CC(=O)NC[C@H]1CN(c2ccc(N3CCN(C(=O)CCC(=O)c4ccc(CN(C)C(=O)OC(C)(C)C)cc4)CC3)c(F)c2)C(=O)O1.CC(=O)NC[C@H]1CN(c2ccc(N3CCNCC3)c(F)c2)C(=O)O1.CN(Cc1ccc(C(=O)CCC(=O)O)cc1)C(=O)OC(C)(C)C. The molecule has 504 valence electrons. The fourth-order valence-electron chi connectivity index (χ4n) is 9.97. The molecular formula is C66H86F2N10O15. The van der Waals surface area contributed by atoms with Gasteiger partial charge in [-0.2, -0.15) is 0 Å². The molecule has 4 aromatic rings. The largest absolute Gasteiger partial charge is 0.481 e. The second-order valence-corrected chi connectivity index (χ2v) is 24.8. The summed E-state index contributed by atoms with van der Waals surface area (Å²) in [4.78, 5) is 129. The number of carboxylic acids is 1. The van der Waals surface area contributed by atoms with Crippen LogP contribution in [-0.4, -0.2) is 195 Å². The molecule has 27 heteroatoms. The van der Waals surface area contributed by atoms with E-state index in [0.717, 1.165) is 37.3 Å². The first-order valence-electron chi connectivity index (χ1n) is 30.7. The lowest BCUT2D eigenvalue weighted by atomic mass is 10.0. The molecule has 0 bridgehead atoms. The second-order valence-electron chi connectivity index (χ2n) is 24.8. The monoisotopic (exact) mass is 1300 g/mol. The summed E-state index contributed by atoms with van der Waals surface area (Å²) in [6, 6.07) is 23.0. The highest BCUT2D eigenvalue weighted by Gasteiger charge is 2.35. The fourth-order valence-corrected chi connectivity index (χ4v) is 9.97. The third kappa shape index (κ3) is 23.0. The third-order valence-electron chi connectivity index (χ3n) is 14.8. The minimum Gasteiger partial charge on any atom is -0.481 e. The lowest BCUT2D eigenvalue weighted by Gasteiger charge is -2.36. The number of hydrogen-bond acceptors (Lipinski definition) is 17. The average molecular weight is 1300 g/mol. The number of ether oxygens (including phenoxy) is 4. The van der Waals surface area contributed by atoms with Crippen LogP contribution in [0.1, 0.15) is 113 Å². The Morgan fingerprint density at radius 2 is 0.957 bits per heavy atom. The number of cyclic esters (lactones) is 2. The summed E-state index contributed by atoms with van der Waals surface area (Å²) in [6.07, 6.45) is -3.00. The van der Waals surface area contributed by atoms with Crippen molar-refractivity contribution in [2.75, 3.05) is 112 Å². The van der Waals surface area contributed by atoms with Crippen LogP contribution in [0.4, 0.5) is 50.7 Å². The number of rotatable bonds is 20. The second kappa shape index (κ2) is 33.3. The number of piperazine rings is 2. The summed E-state index contributed by atoms with van der Waals surface area (Å²) in [6.45, 7) is 19.9. The van der Waals surface area contributed by atoms with Crippen LogP contribution >= 0.6 is 0 Å². The van der Waals surface area contributed by atoms with E-state index in [0.29, 0.717) is 73.1 Å². The maximum absolute atomic E-state index is 15.2. The number of carbonyl (C=O) groups is 10. The minimum absolute atomic E-state index is 0.0213. The minimum atomic E-state index is -0.992. The van der Waals surface area contributed by atoms with Gasteiger partial charge in [-0.05, 0) is 89.1 Å². The summed E-state index contributed by atoms with van der Waals surface area (Å²) in [5.74, 6) is -2.75. The van der Waals surface area contributed by atoms with Crippen molar-refractivity contribution in [3.05, 3.63) is 119 Å². The molecule has 25 nitrogen and oxygen atoms in total. The number of ketones is 2. The van der Waals surface area contributed by atoms with Crippen molar-refractivity contribution in [1.29, 1.82) is 0 Å². The van der Waals surface area contributed by atoms with Crippen molar-refractivity contribution in [1.82, 2.24) is 30.7 Å². The molecule has 2 atom stereocenters. The Kier molecular flexibility index (Phi) is 26.0. The molecule has 0 aromatic heterocycles. The summed E-state index contributed by atoms with van der Waals surface area (Å²) in [7, 11) is 3.28. The molecule has 4 fully saturated rings. The van der Waals surface area contributed by atoms with Gasteiger partial charge in [-0.3, -0.25) is 38.6 Å². The number of carbonyl (C=O) groups excluding carboxylic acids is 9. The van der Waals surface area contributed by atoms with E-state index in [1.54, 1.807) is 133 Å². The van der Waals surface area contributed by atoms with Gasteiger partial charge >= 0.3 is 30.3 Å². The average Bonchev–Trinajstić information content (AvgIpc) is 1.81. The normalized spacial score (nSPS) is 16.3. The highest BCUT2D eigenvalue weighted by molar-refractivity contribution is 5.98. The predicted octanol–water partition coefficient (Wildman–Crippen LogP) is 7.76. The van der Waals surface area contributed by atoms with Gasteiger partial charge in [0.1, 0.15) is 35.0 Å². The molecule has 4 aromatic carbocycles. The molecule has 4 saturated heterocycles. The van der Waals surface area contributed by atoms with Crippen molar-refractivity contribution in [3.63, 3.8) is 0 Å². The van der Waals surface area contributed by atoms with Gasteiger partial charge in [0.05, 0.1) is 55.3 Å². The lowest BCUT2D eigenvalue weighted by molar-refractivity contribution is -0.137. The number of nitrogens with zero attached hydrogens (tertiary/aromatic N) is 7. The van der Waals surface area contributed by atoms with E-state index in [-0.39, 0.29) is 87.0 Å². The number of halogens is 2. The number of anilines is 4. The number of hydrogen-bond donors (Lipinski definition) is 4. The molecule has 0 spiro atoms. The summed E-state index contributed by atoms with van der Waals surface area (Å²) >= 11 is 0. The van der Waals surface area contributed by atoms with Gasteiger partial charge in [0.25, 0.3) is 0 Å². The van der Waals surface area contributed by atoms with E-state index in [4.69, 9.17) is 24.1 Å². The zero-order valence-corrected chi connectivity index (χ0v) is 54.5. The molecule has 0 aliphatic carbocycles. The molecule has 4 aliphatic heterocycles. The molecule has 7 amide bonds. The zero-order chi connectivity index (χ0) is 68.3. The molecular weight excluding hydrogens is 1210 g/mol. The summed E-state index contributed by atoms with van der Waals surface area (Å²) < 4.78 is 50.7. The van der Waals surface area contributed by atoms with E-state index in [1.807, 2.05) is 9.80 Å². The molecule has 0 saturated carbocycles. The van der Waals surface area contributed by atoms with Gasteiger partial charge in [0, 0.05) is 124 Å². The van der Waals surface area contributed by atoms with Crippen LogP contribution in [0.2, 0.25) is 0 Å². The molecule has 0 unspecified atom stereocenters. The van der Waals surface area contributed by atoms with Crippen molar-refractivity contribution in [3.8, 4) is 0 Å². The van der Waals surface area contributed by atoms with E-state index >= 15 is 4.39 Å². The standard InChI is InChI=1S/C33H42FN5O7.C17H23NO5.C16H21FN4O3/c1-22(40)35-19-26-21-39(32(44)45-26)25-10-11-28(27(34)18-25)37-14-16-38(17-15-37)30(42)13-12-29(41)24-8-6-23(7-9-24)20-36(5)31(43)46-33(2,3)4;1-17(2,3)23-16(22)18(4)11-12-5-7-13(8-6-12)14(19)9-10-15(20)21;1-11(22)19-9-13-10-21(16(23)24-13)12-2-3-15(14(17)8-12)20-6-4-18-5-7-20/h6-11,18,26H,12-17,19-21H2,1-5H3,(H,35,40);5-8H,9-11H2,1-4H3,(H,20,21);2-3,8,13,18H,4-7,9-10H2,1H3,(H,19,22)/t26-;;13-/m0.0/s1.